The third kappa shape index (κ3) is 2.56. The molecular formula is C10H16N2O2. The Balaban J connectivity index is 1.76. The molecule has 1 atom stereocenters. The molecule has 4 nitrogen and oxygen atoms in total. The van der Waals surface area contributed by atoms with E-state index in [1.165, 1.54) is 6.42 Å². The van der Waals surface area contributed by atoms with Crippen molar-refractivity contribution in [3.05, 3.63) is 17.5 Å². The summed E-state index contributed by atoms with van der Waals surface area (Å²) in [4.78, 5) is 0. The highest BCUT2D eigenvalue weighted by Crippen LogP contribution is 2.09. The Labute approximate surface area is 83.6 Å². The van der Waals surface area contributed by atoms with Gasteiger partial charge in [0.1, 0.15) is 11.5 Å². The molecule has 78 valence electrons. The van der Waals surface area contributed by atoms with Gasteiger partial charge >= 0.3 is 0 Å². The van der Waals surface area contributed by atoms with E-state index in [2.05, 4.69) is 10.5 Å². The van der Waals surface area contributed by atoms with Crippen molar-refractivity contribution in [1.82, 2.24) is 10.5 Å². The van der Waals surface area contributed by atoms with Gasteiger partial charge in [0.05, 0.1) is 12.7 Å². The maximum Gasteiger partial charge on any atom is 0.134 e. The zero-order valence-corrected chi connectivity index (χ0v) is 8.45. The normalized spacial score (nSPS) is 22.5. The van der Waals surface area contributed by atoms with Crippen LogP contribution in [-0.4, -0.2) is 24.4 Å². The summed E-state index contributed by atoms with van der Waals surface area (Å²) in [6, 6.07) is 1.91. The number of ether oxygens (including phenoxy) is 1. The van der Waals surface area contributed by atoms with Gasteiger partial charge < -0.3 is 14.6 Å². The lowest BCUT2D eigenvalue weighted by atomic mass is 10.1. The van der Waals surface area contributed by atoms with Gasteiger partial charge in [-0.3, -0.25) is 0 Å². The molecule has 1 N–H and O–H groups in total. The number of aryl methyl sites for hydroxylation is 1. The van der Waals surface area contributed by atoms with Gasteiger partial charge in [0.2, 0.25) is 0 Å². The molecule has 1 aliphatic heterocycles. The summed E-state index contributed by atoms with van der Waals surface area (Å²) >= 11 is 0. The lowest BCUT2D eigenvalue weighted by Crippen LogP contribution is -2.35. The van der Waals surface area contributed by atoms with Crippen LogP contribution in [0.4, 0.5) is 0 Å². The predicted molar refractivity (Wildman–Crippen MR) is 51.9 cm³/mol. The van der Waals surface area contributed by atoms with Crippen molar-refractivity contribution >= 4 is 0 Å². The Bertz CT molecular complexity index is 279. The average molecular weight is 196 g/mol. The van der Waals surface area contributed by atoms with E-state index < -0.39 is 0 Å². The number of nitrogens with one attached hydrogen (secondary N) is 1. The molecule has 0 bridgehead atoms. The van der Waals surface area contributed by atoms with Crippen LogP contribution in [0.25, 0.3) is 0 Å². The number of piperidine rings is 1. The molecule has 1 fully saturated rings. The lowest BCUT2D eigenvalue weighted by molar-refractivity contribution is 0.0225. The van der Waals surface area contributed by atoms with Crippen LogP contribution in [0.1, 0.15) is 24.3 Å². The van der Waals surface area contributed by atoms with Crippen LogP contribution < -0.4 is 5.32 Å². The van der Waals surface area contributed by atoms with Gasteiger partial charge in [-0.05, 0) is 26.3 Å². The predicted octanol–water partition coefficient (Wildman–Crippen LogP) is 1.25. The number of nitrogens with zero attached hydrogens (tertiary/aromatic N) is 1. The Hall–Kier alpha value is -0.870. The van der Waals surface area contributed by atoms with Crippen molar-refractivity contribution in [2.75, 3.05) is 13.1 Å². The van der Waals surface area contributed by atoms with Gasteiger partial charge in [0, 0.05) is 12.6 Å². The highest BCUT2D eigenvalue weighted by molar-refractivity contribution is 5.01. The van der Waals surface area contributed by atoms with E-state index in [1.54, 1.807) is 0 Å². The molecule has 14 heavy (non-hydrogen) atoms. The van der Waals surface area contributed by atoms with Crippen LogP contribution in [0.5, 0.6) is 0 Å². The highest BCUT2D eigenvalue weighted by Gasteiger charge is 2.13. The first kappa shape index (κ1) is 9.68. The van der Waals surface area contributed by atoms with E-state index >= 15 is 0 Å². The second-order valence-electron chi connectivity index (χ2n) is 3.71. The topological polar surface area (TPSA) is 47.3 Å². The van der Waals surface area contributed by atoms with Crippen LogP contribution >= 0.6 is 0 Å². The molecule has 2 heterocycles. The third-order valence-corrected chi connectivity index (χ3v) is 2.40. The second-order valence-corrected chi connectivity index (χ2v) is 3.71. The van der Waals surface area contributed by atoms with Crippen molar-refractivity contribution in [3.63, 3.8) is 0 Å². The summed E-state index contributed by atoms with van der Waals surface area (Å²) in [6.45, 7) is 4.52. The monoisotopic (exact) mass is 196 g/mol. The largest absolute Gasteiger partial charge is 0.370 e. The SMILES string of the molecule is Cc1cc(CO[C@H]2CCCNC2)no1. The molecular weight excluding hydrogens is 180 g/mol. The molecule has 1 saturated heterocycles. The minimum Gasteiger partial charge on any atom is -0.370 e. The molecule has 0 aromatic carbocycles. The van der Waals surface area contributed by atoms with E-state index in [0.717, 1.165) is 31.0 Å². The van der Waals surface area contributed by atoms with E-state index in [0.29, 0.717) is 12.7 Å². The molecule has 0 spiro atoms. The summed E-state index contributed by atoms with van der Waals surface area (Å²) in [6.07, 6.45) is 2.67. The second kappa shape index (κ2) is 4.57. The van der Waals surface area contributed by atoms with Crippen molar-refractivity contribution in [2.45, 2.75) is 32.5 Å². The van der Waals surface area contributed by atoms with E-state index in [-0.39, 0.29) is 0 Å². The summed E-state index contributed by atoms with van der Waals surface area (Å²) in [5.41, 5.74) is 0.882. The maximum atomic E-state index is 5.70. The number of hydrogen-bond donors (Lipinski definition) is 1. The molecule has 4 heteroatoms. The Morgan fingerprint density at radius 1 is 1.71 bits per heavy atom. The fourth-order valence-corrected chi connectivity index (χ4v) is 1.65. The van der Waals surface area contributed by atoms with Crippen LogP contribution in [0.2, 0.25) is 0 Å². The number of hydrogen-bond acceptors (Lipinski definition) is 4. The van der Waals surface area contributed by atoms with Crippen LogP contribution in [0.3, 0.4) is 0 Å². The summed E-state index contributed by atoms with van der Waals surface area (Å²) in [7, 11) is 0. The minimum absolute atomic E-state index is 0.334. The third-order valence-electron chi connectivity index (χ3n) is 2.40. The highest BCUT2D eigenvalue weighted by atomic mass is 16.5. The first-order chi connectivity index (χ1) is 6.84. The Morgan fingerprint density at radius 2 is 2.64 bits per heavy atom. The van der Waals surface area contributed by atoms with Gasteiger partial charge in [0.25, 0.3) is 0 Å². The van der Waals surface area contributed by atoms with Crippen molar-refractivity contribution in [2.24, 2.45) is 0 Å². The van der Waals surface area contributed by atoms with Crippen LogP contribution in [0.15, 0.2) is 10.6 Å². The molecule has 0 aliphatic carbocycles. The first-order valence-corrected chi connectivity index (χ1v) is 5.09. The molecule has 1 aromatic heterocycles. The summed E-state index contributed by atoms with van der Waals surface area (Å²) in [5, 5.41) is 7.19. The van der Waals surface area contributed by atoms with E-state index in [4.69, 9.17) is 9.26 Å². The zero-order valence-electron chi connectivity index (χ0n) is 8.45. The molecule has 0 saturated carbocycles. The van der Waals surface area contributed by atoms with Gasteiger partial charge in [-0.25, -0.2) is 0 Å². The first-order valence-electron chi connectivity index (χ1n) is 5.09. The zero-order chi connectivity index (χ0) is 9.80. The fraction of sp³-hybridized carbons (Fsp3) is 0.700. The smallest absolute Gasteiger partial charge is 0.134 e. The quantitative estimate of drug-likeness (QED) is 0.790. The number of aromatic nitrogens is 1. The van der Waals surface area contributed by atoms with E-state index in [1.807, 2.05) is 13.0 Å². The Kier molecular flexibility index (Phi) is 3.16. The average Bonchev–Trinajstić information content (AvgIpc) is 2.63. The van der Waals surface area contributed by atoms with Gasteiger partial charge in [0.15, 0.2) is 0 Å². The van der Waals surface area contributed by atoms with Crippen molar-refractivity contribution < 1.29 is 9.26 Å². The lowest BCUT2D eigenvalue weighted by Gasteiger charge is -2.22. The van der Waals surface area contributed by atoms with Gasteiger partial charge in [-0.2, -0.15) is 0 Å². The standard InChI is InChI=1S/C10H16N2O2/c1-8-5-9(12-14-8)7-13-10-3-2-4-11-6-10/h5,10-11H,2-4,6-7H2,1H3/t10-/m0/s1. The summed E-state index contributed by atoms with van der Waals surface area (Å²) < 4.78 is 10.7. The van der Waals surface area contributed by atoms with E-state index in [9.17, 15) is 0 Å². The molecule has 0 radical (unpaired) electrons. The molecule has 1 aliphatic rings. The van der Waals surface area contributed by atoms with Gasteiger partial charge in [-0.1, -0.05) is 5.16 Å². The molecule has 1 aromatic rings. The molecule has 0 unspecified atom stereocenters. The van der Waals surface area contributed by atoms with Crippen molar-refractivity contribution in [3.8, 4) is 0 Å². The van der Waals surface area contributed by atoms with Crippen LogP contribution in [0, 0.1) is 6.92 Å². The van der Waals surface area contributed by atoms with Gasteiger partial charge in [-0.15, -0.1) is 0 Å². The van der Waals surface area contributed by atoms with Crippen LogP contribution in [-0.2, 0) is 11.3 Å². The maximum absolute atomic E-state index is 5.70. The minimum atomic E-state index is 0.334. The summed E-state index contributed by atoms with van der Waals surface area (Å²) in [5.74, 6) is 0.838. The van der Waals surface area contributed by atoms with Crippen molar-refractivity contribution in [1.29, 1.82) is 0 Å². The Morgan fingerprint density at radius 3 is 3.29 bits per heavy atom. The number of rotatable bonds is 3. The fourth-order valence-electron chi connectivity index (χ4n) is 1.65. The molecule has 2 rings (SSSR count). The molecule has 0 amide bonds.